The van der Waals surface area contributed by atoms with Crippen molar-refractivity contribution < 1.29 is 4.74 Å². The van der Waals surface area contributed by atoms with E-state index in [0.29, 0.717) is 0 Å². The van der Waals surface area contributed by atoms with E-state index in [2.05, 4.69) is 52.5 Å². The first-order valence-corrected chi connectivity index (χ1v) is 6.28. The van der Waals surface area contributed by atoms with Crippen LogP contribution in [-0.4, -0.2) is 24.8 Å². The van der Waals surface area contributed by atoms with Gasteiger partial charge in [0.2, 0.25) is 0 Å². The lowest BCUT2D eigenvalue weighted by Crippen LogP contribution is -2.20. The van der Waals surface area contributed by atoms with E-state index in [1.165, 1.54) is 11.3 Å². The first-order chi connectivity index (χ1) is 8.90. The first kappa shape index (κ1) is 12.9. The molecule has 0 unspecified atom stereocenters. The van der Waals surface area contributed by atoms with Crippen LogP contribution in [0, 0.1) is 0 Å². The molecule has 18 heavy (non-hydrogen) atoms. The Bertz CT molecular complexity index is 451. The molecule has 0 amide bonds. The Labute approximate surface area is 108 Å². The van der Waals surface area contributed by atoms with Crippen molar-refractivity contribution in [2.24, 2.45) is 0 Å². The van der Waals surface area contributed by atoms with Crippen LogP contribution >= 0.6 is 0 Å². The van der Waals surface area contributed by atoms with Crippen molar-refractivity contribution in [1.29, 1.82) is 0 Å². The third-order valence-corrected chi connectivity index (χ3v) is 2.91. The van der Waals surface area contributed by atoms with Crippen LogP contribution in [0.1, 0.15) is 11.3 Å². The number of methoxy groups -OCH3 is 1. The van der Waals surface area contributed by atoms with Gasteiger partial charge in [-0.05, 0) is 17.7 Å². The maximum atomic E-state index is 5.02. The van der Waals surface area contributed by atoms with Gasteiger partial charge in [0.05, 0.1) is 6.61 Å². The average Bonchev–Trinajstić information content (AvgIpc) is 2.83. The zero-order valence-electron chi connectivity index (χ0n) is 10.8. The highest BCUT2D eigenvalue weighted by molar-refractivity contribution is 5.17. The van der Waals surface area contributed by atoms with Crippen LogP contribution in [0.4, 0.5) is 0 Å². The standard InChI is InChI=1S/C15H20N2O/c1-18-11-9-16-12-15-8-5-10-17(15)13-14-6-3-2-4-7-14/h2-8,10,16H,9,11-13H2,1H3. The van der Waals surface area contributed by atoms with Crippen molar-refractivity contribution in [2.75, 3.05) is 20.3 Å². The molecule has 0 saturated carbocycles. The van der Waals surface area contributed by atoms with E-state index in [1.807, 2.05) is 6.07 Å². The molecule has 2 aromatic rings. The fourth-order valence-electron chi connectivity index (χ4n) is 1.94. The molecule has 1 heterocycles. The molecule has 0 fully saturated rings. The molecule has 96 valence electrons. The summed E-state index contributed by atoms with van der Waals surface area (Å²) in [4.78, 5) is 0. The minimum absolute atomic E-state index is 0.749. The smallest absolute Gasteiger partial charge is 0.0587 e. The predicted molar refractivity (Wildman–Crippen MR) is 73.6 cm³/mol. The van der Waals surface area contributed by atoms with E-state index in [0.717, 1.165) is 26.2 Å². The molecular weight excluding hydrogens is 224 g/mol. The highest BCUT2D eigenvalue weighted by atomic mass is 16.5. The van der Waals surface area contributed by atoms with Crippen molar-refractivity contribution in [3.8, 4) is 0 Å². The highest BCUT2D eigenvalue weighted by Crippen LogP contribution is 2.07. The maximum absolute atomic E-state index is 5.02. The van der Waals surface area contributed by atoms with E-state index in [9.17, 15) is 0 Å². The summed E-state index contributed by atoms with van der Waals surface area (Å²) in [6.45, 7) is 3.44. The summed E-state index contributed by atoms with van der Waals surface area (Å²) >= 11 is 0. The van der Waals surface area contributed by atoms with Gasteiger partial charge < -0.3 is 14.6 Å². The van der Waals surface area contributed by atoms with E-state index >= 15 is 0 Å². The zero-order chi connectivity index (χ0) is 12.6. The summed E-state index contributed by atoms with van der Waals surface area (Å²) in [7, 11) is 1.72. The molecule has 3 heteroatoms. The second-order valence-corrected chi connectivity index (χ2v) is 4.28. The number of aromatic nitrogens is 1. The van der Waals surface area contributed by atoms with Crippen molar-refractivity contribution in [3.63, 3.8) is 0 Å². The molecule has 1 aromatic carbocycles. The van der Waals surface area contributed by atoms with Gasteiger partial charge in [-0.25, -0.2) is 0 Å². The van der Waals surface area contributed by atoms with E-state index in [4.69, 9.17) is 4.74 Å². The second-order valence-electron chi connectivity index (χ2n) is 4.28. The molecule has 0 saturated heterocycles. The number of nitrogens with zero attached hydrogens (tertiary/aromatic N) is 1. The lowest BCUT2D eigenvalue weighted by atomic mass is 10.2. The Morgan fingerprint density at radius 2 is 1.94 bits per heavy atom. The lowest BCUT2D eigenvalue weighted by Gasteiger charge is -2.10. The van der Waals surface area contributed by atoms with Crippen LogP contribution in [0.25, 0.3) is 0 Å². The third kappa shape index (κ3) is 3.72. The monoisotopic (exact) mass is 244 g/mol. The van der Waals surface area contributed by atoms with Gasteiger partial charge in [0.1, 0.15) is 0 Å². The van der Waals surface area contributed by atoms with Gasteiger partial charge in [-0.2, -0.15) is 0 Å². The normalized spacial score (nSPS) is 10.7. The van der Waals surface area contributed by atoms with Crippen molar-refractivity contribution >= 4 is 0 Å². The molecule has 0 aliphatic heterocycles. The first-order valence-electron chi connectivity index (χ1n) is 6.28. The largest absolute Gasteiger partial charge is 0.383 e. The second kappa shape index (κ2) is 6.99. The molecule has 0 bridgehead atoms. The SMILES string of the molecule is COCCNCc1cccn1Cc1ccccc1. The Morgan fingerprint density at radius 3 is 2.72 bits per heavy atom. The van der Waals surface area contributed by atoms with E-state index in [-0.39, 0.29) is 0 Å². The van der Waals surface area contributed by atoms with Crippen LogP contribution in [0.15, 0.2) is 48.7 Å². The summed E-state index contributed by atoms with van der Waals surface area (Å²) in [6.07, 6.45) is 2.13. The van der Waals surface area contributed by atoms with Crippen molar-refractivity contribution in [2.45, 2.75) is 13.1 Å². The fraction of sp³-hybridized carbons (Fsp3) is 0.333. The predicted octanol–water partition coefficient (Wildman–Crippen LogP) is 2.27. The Morgan fingerprint density at radius 1 is 1.11 bits per heavy atom. The van der Waals surface area contributed by atoms with Gasteiger partial charge in [0, 0.05) is 38.6 Å². The molecule has 0 aliphatic rings. The van der Waals surface area contributed by atoms with E-state index < -0.39 is 0 Å². The van der Waals surface area contributed by atoms with Crippen LogP contribution in [0.2, 0.25) is 0 Å². The number of ether oxygens (including phenoxy) is 1. The average molecular weight is 244 g/mol. The molecule has 1 N–H and O–H groups in total. The van der Waals surface area contributed by atoms with Crippen LogP contribution in [-0.2, 0) is 17.8 Å². The molecule has 0 atom stereocenters. The van der Waals surface area contributed by atoms with Crippen molar-refractivity contribution in [1.82, 2.24) is 9.88 Å². The quantitative estimate of drug-likeness (QED) is 0.756. The number of nitrogens with one attached hydrogen (secondary N) is 1. The maximum Gasteiger partial charge on any atom is 0.0587 e. The minimum Gasteiger partial charge on any atom is -0.383 e. The van der Waals surface area contributed by atoms with Gasteiger partial charge in [-0.3, -0.25) is 0 Å². The molecule has 1 aromatic heterocycles. The van der Waals surface area contributed by atoms with Gasteiger partial charge in [-0.1, -0.05) is 30.3 Å². The fourth-order valence-corrected chi connectivity index (χ4v) is 1.94. The molecule has 0 aliphatic carbocycles. The Balaban J connectivity index is 1.91. The number of rotatable bonds is 7. The lowest BCUT2D eigenvalue weighted by molar-refractivity contribution is 0.199. The molecule has 2 rings (SSSR count). The van der Waals surface area contributed by atoms with Crippen LogP contribution < -0.4 is 5.32 Å². The number of hydrogen-bond acceptors (Lipinski definition) is 2. The van der Waals surface area contributed by atoms with Gasteiger partial charge >= 0.3 is 0 Å². The van der Waals surface area contributed by atoms with Crippen molar-refractivity contribution in [3.05, 3.63) is 59.9 Å². The summed E-state index contributed by atoms with van der Waals surface area (Å²) in [5.41, 5.74) is 2.63. The van der Waals surface area contributed by atoms with Crippen LogP contribution in [0.3, 0.4) is 0 Å². The summed E-state index contributed by atoms with van der Waals surface area (Å²) in [5, 5.41) is 3.37. The summed E-state index contributed by atoms with van der Waals surface area (Å²) < 4.78 is 7.29. The topological polar surface area (TPSA) is 26.2 Å². The summed E-state index contributed by atoms with van der Waals surface area (Å²) in [6, 6.07) is 14.8. The zero-order valence-corrected chi connectivity index (χ0v) is 10.8. The Kier molecular flexibility index (Phi) is 5.00. The summed E-state index contributed by atoms with van der Waals surface area (Å²) in [5.74, 6) is 0. The molecule has 0 spiro atoms. The highest BCUT2D eigenvalue weighted by Gasteiger charge is 2.01. The van der Waals surface area contributed by atoms with Crippen LogP contribution in [0.5, 0.6) is 0 Å². The van der Waals surface area contributed by atoms with Gasteiger partial charge in [0.25, 0.3) is 0 Å². The Hall–Kier alpha value is -1.58. The van der Waals surface area contributed by atoms with E-state index in [1.54, 1.807) is 7.11 Å². The third-order valence-electron chi connectivity index (χ3n) is 2.91. The molecule has 0 radical (unpaired) electrons. The number of hydrogen-bond donors (Lipinski definition) is 1. The number of benzene rings is 1. The molecule has 3 nitrogen and oxygen atoms in total. The minimum atomic E-state index is 0.749. The van der Waals surface area contributed by atoms with Gasteiger partial charge in [0.15, 0.2) is 0 Å². The van der Waals surface area contributed by atoms with Gasteiger partial charge in [-0.15, -0.1) is 0 Å². The molecular formula is C15H20N2O.